The largest absolute Gasteiger partial charge is 0.264 e. The predicted molar refractivity (Wildman–Crippen MR) is 79.2 cm³/mol. The Balaban J connectivity index is 2.38. The molecule has 1 aromatic carbocycles. The van der Waals surface area contributed by atoms with Gasteiger partial charge >= 0.3 is 0 Å². The van der Waals surface area contributed by atoms with Gasteiger partial charge in [0.05, 0.1) is 5.02 Å². The van der Waals surface area contributed by atoms with Gasteiger partial charge in [-0.05, 0) is 30.3 Å². The van der Waals surface area contributed by atoms with Crippen LogP contribution in [-0.4, -0.2) is 13.4 Å². The Bertz CT molecular complexity index is 722. The Morgan fingerprint density at radius 3 is 2.53 bits per heavy atom. The van der Waals surface area contributed by atoms with E-state index in [-0.39, 0.29) is 20.9 Å². The maximum atomic E-state index is 12.2. The fourth-order valence-corrected chi connectivity index (χ4v) is 3.55. The first-order valence-corrected chi connectivity index (χ1v) is 8.02. The zero-order valence-electron chi connectivity index (χ0n) is 9.27. The van der Waals surface area contributed by atoms with Crippen LogP contribution in [0.25, 0.3) is 0 Å². The highest BCUT2D eigenvalue weighted by Crippen LogP contribution is 2.26. The minimum Gasteiger partial charge on any atom is -0.263 e. The molecule has 0 bridgehead atoms. The van der Waals surface area contributed by atoms with Crippen molar-refractivity contribution in [1.82, 2.24) is 4.98 Å². The van der Waals surface area contributed by atoms with Crippen molar-refractivity contribution in [2.24, 2.45) is 0 Å². The third-order valence-corrected chi connectivity index (χ3v) is 4.68. The lowest BCUT2D eigenvalue weighted by atomic mass is 10.4. The lowest BCUT2D eigenvalue weighted by Gasteiger charge is -2.09. The number of benzene rings is 1. The molecule has 0 spiro atoms. The molecule has 2 aromatic rings. The zero-order valence-corrected chi connectivity index (χ0v) is 13.2. The Kier molecular flexibility index (Phi) is 4.35. The molecule has 0 aliphatic rings. The van der Waals surface area contributed by atoms with Crippen molar-refractivity contribution < 1.29 is 8.42 Å². The van der Waals surface area contributed by atoms with E-state index >= 15 is 0 Å². The highest BCUT2D eigenvalue weighted by atomic mass is 79.9. The summed E-state index contributed by atoms with van der Waals surface area (Å²) in [7, 11) is -3.80. The molecule has 8 heteroatoms. The highest BCUT2D eigenvalue weighted by Gasteiger charge is 2.18. The van der Waals surface area contributed by atoms with E-state index in [0.717, 1.165) is 0 Å². The molecule has 100 valence electrons. The molecule has 4 nitrogen and oxygen atoms in total. The van der Waals surface area contributed by atoms with Crippen LogP contribution < -0.4 is 4.72 Å². The van der Waals surface area contributed by atoms with Gasteiger partial charge in [0.25, 0.3) is 10.0 Å². The second-order valence-corrected chi connectivity index (χ2v) is 6.89. The van der Waals surface area contributed by atoms with Crippen molar-refractivity contribution >= 4 is 55.0 Å². The lowest BCUT2D eigenvalue weighted by molar-refractivity contribution is 0.601. The van der Waals surface area contributed by atoms with E-state index < -0.39 is 10.0 Å². The summed E-state index contributed by atoms with van der Waals surface area (Å²) in [4.78, 5) is 3.83. The maximum absolute atomic E-state index is 12.2. The summed E-state index contributed by atoms with van der Waals surface area (Å²) < 4.78 is 27.3. The number of pyridine rings is 1. The predicted octanol–water partition coefficient (Wildman–Crippen LogP) is 3.95. The molecule has 19 heavy (non-hydrogen) atoms. The van der Waals surface area contributed by atoms with Crippen LogP contribution in [0.5, 0.6) is 0 Å². The van der Waals surface area contributed by atoms with Crippen molar-refractivity contribution in [1.29, 1.82) is 0 Å². The SMILES string of the molecule is O=S(=O)(Nc1cccc(Cl)n1)c1ccc(Br)cc1Cl. The number of halogens is 3. The van der Waals surface area contributed by atoms with E-state index in [1.54, 1.807) is 18.2 Å². The van der Waals surface area contributed by atoms with Gasteiger partial charge in [-0.25, -0.2) is 13.4 Å². The van der Waals surface area contributed by atoms with Crippen LogP contribution in [0, 0.1) is 0 Å². The van der Waals surface area contributed by atoms with Gasteiger partial charge in [-0.1, -0.05) is 45.2 Å². The summed E-state index contributed by atoms with van der Waals surface area (Å²) in [6.45, 7) is 0. The number of nitrogens with one attached hydrogen (secondary N) is 1. The molecule has 2 rings (SSSR count). The second kappa shape index (κ2) is 5.66. The van der Waals surface area contributed by atoms with Gasteiger partial charge in [0.2, 0.25) is 0 Å². The van der Waals surface area contributed by atoms with Gasteiger partial charge < -0.3 is 0 Å². The Morgan fingerprint density at radius 1 is 1.16 bits per heavy atom. The quantitative estimate of drug-likeness (QED) is 0.818. The summed E-state index contributed by atoms with van der Waals surface area (Å²) in [5.41, 5.74) is 0. The average Bonchev–Trinajstić information content (AvgIpc) is 2.27. The van der Waals surface area contributed by atoms with Gasteiger partial charge in [-0.15, -0.1) is 0 Å². The summed E-state index contributed by atoms with van der Waals surface area (Å²) in [5.74, 6) is 0.131. The van der Waals surface area contributed by atoms with Crippen LogP contribution in [0.4, 0.5) is 5.82 Å². The number of aromatic nitrogens is 1. The Hall–Kier alpha value is -0.820. The molecule has 1 heterocycles. The van der Waals surface area contributed by atoms with Crippen molar-refractivity contribution in [3.8, 4) is 0 Å². The summed E-state index contributed by atoms with van der Waals surface area (Å²) in [5, 5.41) is 0.311. The number of rotatable bonds is 3. The van der Waals surface area contributed by atoms with Crippen LogP contribution >= 0.6 is 39.1 Å². The normalized spacial score (nSPS) is 11.3. The minimum atomic E-state index is -3.80. The van der Waals surface area contributed by atoms with E-state index in [9.17, 15) is 8.42 Å². The van der Waals surface area contributed by atoms with Crippen molar-refractivity contribution in [2.45, 2.75) is 4.90 Å². The van der Waals surface area contributed by atoms with E-state index in [2.05, 4.69) is 25.6 Å². The van der Waals surface area contributed by atoms with Crippen molar-refractivity contribution in [3.63, 3.8) is 0 Å². The molecular formula is C11H7BrCl2N2O2S. The molecule has 0 radical (unpaired) electrons. The fourth-order valence-electron chi connectivity index (χ4n) is 1.35. The molecule has 0 saturated carbocycles. The van der Waals surface area contributed by atoms with E-state index in [1.165, 1.54) is 18.2 Å². The second-order valence-electron chi connectivity index (χ2n) is 3.53. The lowest BCUT2D eigenvalue weighted by Crippen LogP contribution is -2.14. The first kappa shape index (κ1) is 14.6. The fraction of sp³-hybridized carbons (Fsp3) is 0. The first-order chi connectivity index (χ1) is 8.88. The molecule has 0 atom stereocenters. The third-order valence-electron chi connectivity index (χ3n) is 2.14. The Labute approximate surface area is 128 Å². The van der Waals surface area contributed by atoms with Gasteiger partial charge in [-0.2, -0.15) is 0 Å². The van der Waals surface area contributed by atoms with Crippen molar-refractivity contribution in [3.05, 3.63) is 51.0 Å². The molecule has 0 saturated heterocycles. The minimum absolute atomic E-state index is 0.0286. The maximum Gasteiger partial charge on any atom is 0.264 e. The molecule has 0 aliphatic carbocycles. The van der Waals surface area contributed by atoms with Gasteiger partial charge in [-0.3, -0.25) is 4.72 Å². The molecule has 0 amide bonds. The molecule has 1 N–H and O–H groups in total. The average molecular weight is 382 g/mol. The van der Waals surface area contributed by atoms with Gasteiger partial charge in [0.15, 0.2) is 0 Å². The smallest absolute Gasteiger partial charge is 0.263 e. The topological polar surface area (TPSA) is 59.1 Å². The monoisotopic (exact) mass is 380 g/mol. The van der Waals surface area contributed by atoms with Crippen LogP contribution in [0.15, 0.2) is 45.8 Å². The van der Waals surface area contributed by atoms with E-state index in [0.29, 0.717) is 4.47 Å². The third kappa shape index (κ3) is 3.60. The molecule has 0 aliphatic heterocycles. The van der Waals surface area contributed by atoms with Crippen LogP contribution in [0.3, 0.4) is 0 Å². The number of sulfonamides is 1. The van der Waals surface area contributed by atoms with Crippen LogP contribution in [-0.2, 0) is 10.0 Å². The molecule has 0 unspecified atom stereocenters. The molecule has 0 fully saturated rings. The highest BCUT2D eigenvalue weighted by molar-refractivity contribution is 9.10. The molecular weight excluding hydrogens is 375 g/mol. The number of hydrogen-bond acceptors (Lipinski definition) is 3. The van der Waals surface area contributed by atoms with Crippen molar-refractivity contribution in [2.75, 3.05) is 4.72 Å². The summed E-state index contributed by atoms with van der Waals surface area (Å²) in [6, 6.07) is 9.13. The number of anilines is 1. The van der Waals surface area contributed by atoms with E-state index in [1.807, 2.05) is 0 Å². The van der Waals surface area contributed by atoms with Crippen LogP contribution in [0.2, 0.25) is 10.2 Å². The molecule has 1 aromatic heterocycles. The summed E-state index contributed by atoms with van der Waals surface area (Å²) >= 11 is 14.8. The van der Waals surface area contributed by atoms with Crippen LogP contribution in [0.1, 0.15) is 0 Å². The zero-order chi connectivity index (χ0) is 14.0. The van der Waals surface area contributed by atoms with Gasteiger partial charge in [0, 0.05) is 4.47 Å². The van der Waals surface area contributed by atoms with Gasteiger partial charge in [0.1, 0.15) is 15.9 Å². The Morgan fingerprint density at radius 2 is 1.89 bits per heavy atom. The number of nitrogens with zero attached hydrogens (tertiary/aromatic N) is 1. The standard InChI is InChI=1S/C11H7BrCl2N2O2S/c12-7-4-5-9(8(13)6-7)19(17,18)16-11-3-1-2-10(14)15-11/h1-6H,(H,15,16). The van der Waals surface area contributed by atoms with E-state index in [4.69, 9.17) is 23.2 Å². The summed E-state index contributed by atoms with van der Waals surface area (Å²) in [6.07, 6.45) is 0. The number of hydrogen-bond donors (Lipinski definition) is 1. The first-order valence-electron chi connectivity index (χ1n) is 4.99.